The Morgan fingerprint density at radius 1 is 1.29 bits per heavy atom. The van der Waals surface area contributed by atoms with Gasteiger partial charge in [0.25, 0.3) is 0 Å². The predicted molar refractivity (Wildman–Crippen MR) is 74.4 cm³/mol. The lowest BCUT2D eigenvalue weighted by atomic mass is 10.2. The molecule has 1 heterocycles. The summed E-state index contributed by atoms with van der Waals surface area (Å²) in [6, 6.07) is 0. The van der Waals surface area contributed by atoms with Gasteiger partial charge in [0.1, 0.15) is 0 Å². The van der Waals surface area contributed by atoms with Crippen LogP contribution in [0.3, 0.4) is 0 Å². The first-order valence-electron chi connectivity index (χ1n) is 6.91. The summed E-state index contributed by atoms with van der Waals surface area (Å²) in [5, 5.41) is 3.45. The fraction of sp³-hybridized carbons (Fsp3) is 0.786. The van der Waals surface area contributed by atoms with Crippen LogP contribution in [0.15, 0.2) is 6.20 Å². The molecular formula is C14H27N3. The molecule has 0 bridgehead atoms. The van der Waals surface area contributed by atoms with Crippen molar-refractivity contribution < 1.29 is 0 Å². The van der Waals surface area contributed by atoms with Gasteiger partial charge in [-0.3, -0.25) is 0 Å². The molecule has 1 aromatic rings. The zero-order valence-electron chi connectivity index (χ0n) is 11.8. The lowest BCUT2D eigenvalue weighted by Crippen LogP contribution is -2.11. The Bertz CT molecular complexity index is 315. The van der Waals surface area contributed by atoms with Crippen molar-refractivity contribution in [2.24, 2.45) is 5.92 Å². The highest BCUT2D eigenvalue weighted by Gasteiger charge is 2.06. The zero-order chi connectivity index (χ0) is 12.7. The molecular weight excluding hydrogens is 210 g/mol. The second-order valence-corrected chi connectivity index (χ2v) is 5.24. The maximum Gasteiger partial charge on any atom is 0.203 e. The maximum atomic E-state index is 4.53. The Balaban J connectivity index is 2.40. The van der Waals surface area contributed by atoms with Gasteiger partial charge < -0.3 is 9.88 Å². The highest BCUT2D eigenvalue weighted by atomic mass is 15.2. The summed E-state index contributed by atoms with van der Waals surface area (Å²) >= 11 is 0. The van der Waals surface area contributed by atoms with E-state index in [-0.39, 0.29) is 0 Å². The summed E-state index contributed by atoms with van der Waals surface area (Å²) in [6.45, 7) is 10.8. The lowest BCUT2D eigenvalue weighted by molar-refractivity contribution is 0.525. The van der Waals surface area contributed by atoms with Crippen molar-refractivity contribution in [3.8, 4) is 0 Å². The molecule has 0 aromatic carbocycles. The summed E-state index contributed by atoms with van der Waals surface area (Å²) in [5.74, 6) is 1.69. The molecule has 0 aliphatic rings. The highest BCUT2D eigenvalue weighted by Crippen LogP contribution is 2.11. The summed E-state index contributed by atoms with van der Waals surface area (Å²) in [7, 11) is 0. The van der Waals surface area contributed by atoms with E-state index in [1.807, 2.05) is 0 Å². The molecule has 0 aliphatic carbocycles. The van der Waals surface area contributed by atoms with Gasteiger partial charge in [0.2, 0.25) is 5.95 Å². The minimum Gasteiger partial charge on any atom is -0.356 e. The van der Waals surface area contributed by atoms with E-state index in [0.29, 0.717) is 5.92 Å². The smallest absolute Gasteiger partial charge is 0.203 e. The Morgan fingerprint density at radius 3 is 2.71 bits per heavy atom. The molecule has 3 nitrogen and oxygen atoms in total. The topological polar surface area (TPSA) is 29.9 Å². The van der Waals surface area contributed by atoms with Crippen LogP contribution in [0, 0.1) is 12.8 Å². The molecule has 0 aliphatic heterocycles. The van der Waals surface area contributed by atoms with Crippen LogP contribution in [0.1, 0.15) is 52.1 Å². The van der Waals surface area contributed by atoms with E-state index in [1.54, 1.807) is 0 Å². The Morgan fingerprint density at radius 2 is 2.06 bits per heavy atom. The first kappa shape index (κ1) is 14.1. The normalized spacial score (nSPS) is 11.1. The van der Waals surface area contributed by atoms with Crippen LogP contribution >= 0.6 is 0 Å². The van der Waals surface area contributed by atoms with Gasteiger partial charge in [-0.25, -0.2) is 4.98 Å². The van der Waals surface area contributed by atoms with Crippen LogP contribution in [-0.2, 0) is 6.54 Å². The molecule has 0 atom stereocenters. The van der Waals surface area contributed by atoms with E-state index in [4.69, 9.17) is 0 Å². The van der Waals surface area contributed by atoms with Gasteiger partial charge in [-0.2, -0.15) is 0 Å². The van der Waals surface area contributed by atoms with Gasteiger partial charge in [-0.15, -0.1) is 0 Å². The van der Waals surface area contributed by atoms with Gasteiger partial charge in [-0.1, -0.05) is 40.0 Å². The van der Waals surface area contributed by atoms with Crippen LogP contribution in [-0.4, -0.2) is 16.1 Å². The molecule has 1 aromatic heterocycles. The molecule has 0 saturated carbocycles. The fourth-order valence-corrected chi connectivity index (χ4v) is 1.97. The second kappa shape index (κ2) is 7.36. The minimum absolute atomic E-state index is 0.657. The average Bonchev–Trinajstić information content (AvgIpc) is 2.58. The molecule has 1 rings (SSSR count). The Hall–Kier alpha value is -0.990. The van der Waals surface area contributed by atoms with E-state index in [1.165, 1.54) is 25.7 Å². The molecule has 17 heavy (non-hydrogen) atoms. The van der Waals surface area contributed by atoms with Gasteiger partial charge in [0.15, 0.2) is 0 Å². The number of unbranched alkanes of at least 4 members (excludes halogenated alkanes) is 3. The molecule has 0 unspecified atom stereocenters. The third kappa shape index (κ3) is 5.24. The zero-order valence-corrected chi connectivity index (χ0v) is 11.8. The van der Waals surface area contributed by atoms with E-state index >= 15 is 0 Å². The summed E-state index contributed by atoms with van der Waals surface area (Å²) in [4.78, 5) is 4.53. The molecule has 0 spiro atoms. The number of hydrogen-bond acceptors (Lipinski definition) is 2. The summed E-state index contributed by atoms with van der Waals surface area (Å²) < 4.78 is 2.24. The molecule has 3 heteroatoms. The van der Waals surface area contributed by atoms with Crippen molar-refractivity contribution in [1.29, 1.82) is 0 Å². The standard InChI is InChI=1S/C14H27N3/c1-5-6-7-8-9-15-14-16-13(4)11-17(14)10-12(2)3/h11-12H,5-10H2,1-4H3,(H,15,16). The number of nitrogens with zero attached hydrogens (tertiary/aromatic N) is 2. The average molecular weight is 237 g/mol. The number of aryl methyl sites for hydroxylation is 1. The predicted octanol–water partition coefficient (Wildman–Crippen LogP) is 3.84. The van der Waals surface area contributed by atoms with Crippen molar-refractivity contribution >= 4 is 5.95 Å². The minimum atomic E-state index is 0.657. The number of nitrogens with one attached hydrogen (secondary N) is 1. The van der Waals surface area contributed by atoms with Gasteiger partial charge in [-0.05, 0) is 19.3 Å². The Kier molecular flexibility index (Phi) is 6.09. The van der Waals surface area contributed by atoms with E-state index in [0.717, 1.165) is 24.7 Å². The second-order valence-electron chi connectivity index (χ2n) is 5.24. The molecule has 0 amide bonds. The third-order valence-electron chi connectivity index (χ3n) is 2.77. The van der Waals surface area contributed by atoms with Crippen LogP contribution in [0.5, 0.6) is 0 Å². The van der Waals surface area contributed by atoms with Gasteiger partial charge >= 0.3 is 0 Å². The van der Waals surface area contributed by atoms with Gasteiger partial charge in [0, 0.05) is 19.3 Å². The lowest BCUT2D eigenvalue weighted by Gasteiger charge is -2.11. The van der Waals surface area contributed by atoms with Crippen molar-refractivity contribution in [3.05, 3.63) is 11.9 Å². The van der Waals surface area contributed by atoms with E-state index in [2.05, 4.69) is 48.8 Å². The monoisotopic (exact) mass is 237 g/mol. The van der Waals surface area contributed by atoms with Gasteiger partial charge in [0.05, 0.1) is 5.69 Å². The number of anilines is 1. The van der Waals surface area contributed by atoms with Crippen molar-refractivity contribution in [2.75, 3.05) is 11.9 Å². The van der Waals surface area contributed by atoms with E-state index in [9.17, 15) is 0 Å². The fourth-order valence-electron chi connectivity index (χ4n) is 1.97. The molecule has 1 N–H and O–H groups in total. The number of hydrogen-bond donors (Lipinski definition) is 1. The number of imidazole rings is 1. The van der Waals surface area contributed by atoms with Crippen molar-refractivity contribution in [3.63, 3.8) is 0 Å². The quantitative estimate of drug-likeness (QED) is 0.696. The first-order chi connectivity index (χ1) is 8.13. The first-order valence-corrected chi connectivity index (χ1v) is 6.91. The SMILES string of the molecule is CCCCCCNc1nc(C)cn1CC(C)C. The summed E-state index contributed by atoms with van der Waals surface area (Å²) in [6.07, 6.45) is 7.31. The summed E-state index contributed by atoms with van der Waals surface area (Å²) in [5.41, 5.74) is 1.10. The van der Waals surface area contributed by atoms with Crippen LogP contribution in [0.4, 0.5) is 5.95 Å². The van der Waals surface area contributed by atoms with Crippen molar-refractivity contribution in [1.82, 2.24) is 9.55 Å². The highest BCUT2D eigenvalue weighted by molar-refractivity contribution is 5.28. The van der Waals surface area contributed by atoms with E-state index < -0.39 is 0 Å². The van der Waals surface area contributed by atoms with Crippen molar-refractivity contribution in [2.45, 2.75) is 59.9 Å². The maximum absolute atomic E-state index is 4.53. The number of rotatable bonds is 8. The molecule has 0 saturated heterocycles. The Labute approximate surface area is 106 Å². The number of aromatic nitrogens is 2. The van der Waals surface area contributed by atoms with Crippen LogP contribution in [0.25, 0.3) is 0 Å². The largest absolute Gasteiger partial charge is 0.356 e. The molecule has 0 radical (unpaired) electrons. The molecule has 0 fully saturated rings. The van der Waals surface area contributed by atoms with Crippen LogP contribution in [0.2, 0.25) is 0 Å². The third-order valence-corrected chi connectivity index (χ3v) is 2.77. The molecule has 98 valence electrons. The van der Waals surface area contributed by atoms with Crippen LogP contribution < -0.4 is 5.32 Å².